The van der Waals surface area contributed by atoms with Gasteiger partial charge < -0.3 is 5.32 Å². The van der Waals surface area contributed by atoms with Crippen LogP contribution in [0, 0.1) is 11.6 Å². The second kappa shape index (κ2) is 8.59. The zero-order valence-electron chi connectivity index (χ0n) is 16.0. The van der Waals surface area contributed by atoms with Crippen molar-refractivity contribution in [2.75, 3.05) is 5.32 Å². The van der Waals surface area contributed by atoms with Crippen molar-refractivity contribution < 1.29 is 13.6 Å². The third-order valence-corrected chi connectivity index (χ3v) is 5.65. The Bertz CT molecular complexity index is 1210. The monoisotopic (exact) mass is 421 g/mol. The van der Waals surface area contributed by atoms with E-state index in [9.17, 15) is 13.6 Å². The van der Waals surface area contributed by atoms with Gasteiger partial charge in [0, 0.05) is 16.3 Å². The Kier molecular flexibility index (Phi) is 5.72. The molecule has 0 aliphatic carbocycles. The van der Waals surface area contributed by atoms with E-state index in [0.717, 1.165) is 16.3 Å². The van der Waals surface area contributed by atoms with Crippen molar-refractivity contribution in [1.82, 2.24) is 10.2 Å². The molecule has 1 aromatic heterocycles. The topological polar surface area (TPSA) is 54.9 Å². The molecule has 0 aliphatic rings. The molecule has 1 amide bonds. The van der Waals surface area contributed by atoms with Gasteiger partial charge in [0.15, 0.2) is 0 Å². The van der Waals surface area contributed by atoms with E-state index in [0.29, 0.717) is 10.7 Å². The van der Waals surface area contributed by atoms with Gasteiger partial charge in [-0.15, -0.1) is 10.2 Å². The molecule has 1 N–H and O–H groups in total. The average Bonchev–Trinajstić information content (AvgIpc) is 2.76. The molecule has 0 aliphatic heterocycles. The summed E-state index contributed by atoms with van der Waals surface area (Å²) in [5, 5.41) is 13.0. The van der Waals surface area contributed by atoms with E-state index < -0.39 is 11.1 Å². The van der Waals surface area contributed by atoms with Crippen molar-refractivity contribution >= 4 is 34.1 Å². The first-order valence-corrected chi connectivity index (χ1v) is 10.1. The standard InChI is InChI=1S/C23H17F2N3OS/c1-14(22(29)26-20-9-5-4-8-19(20)25)30-23-18-7-3-2-6-17(18)21(27-28-23)15-10-12-16(24)13-11-15/h2-14H,1H3,(H,26,29). The third kappa shape index (κ3) is 4.16. The van der Waals surface area contributed by atoms with Crippen LogP contribution in [0.2, 0.25) is 0 Å². The molecule has 0 fully saturated rings. The molecule has 0 bridgehead atoms. The Morgan fingerprint density at radius 2 is 1.57 bits per heavy atom. The SMILES string of the molecule is CC(Sc1nnc(-c2ccc(F)cc2)c2ccccc12)C(=O)Nc1ccccc1F. The van der Waals surface area contributed by atoms with Crippen LogP contribution in [0.25, 0.3) is 22.0 Å². The number of para-hydroxylation sites is 1. The number of nitrogens with zero attached hydrogens (tertiary/aromatic N) is 2. The molecule has 0 saturated heterocycles. The number of carbonyl (C=O) groups is 1. The van der Waals surface area contributed by atoms with Crippen LogP contribution in [0.15, 0.2) is 77.8 Å². The van der Waals surface area contributed by atoms with Crippen LogP contribution in [-0.2, 0) is 4.79 Å². The quantitative estimate of drug-likeness (QED) is 0.420. The highest BCUT2D eigenvalue weighted by Crippen LogP contribution is 2.33. The second-order valence-corrected chi connectivity index (χ2v) is 7.96. The highest BCUT2D eigenvalue weighted by atomic mass is 32.2. The summed E-state index contributed by atoms with van der Waals surface area (Å²) >= 11 is 1.24. The zero-order valence-corrected chi connectivity index (χ0v) is 16.8. The van der Waals surface area contributed by atoms with Gasteiger partial charge in [-0.3, -0.25) is 4.79 Å². The first kappa shape index (κ1) is 20.0. The van der Waals surface area contributed by atoms with Crippen LogP contribution in [0.3, 0.4) is 0 Å². The number of anilines is 1. The minimum atomic E-state index is -0.529. The smallest absolute Gasteiger partial charge is 0.237 e. The van der Waals surface area contributed by atoms with Gasteiger partial charge in [-0.05, 0) is 43.3 Å². The van der Waals surface area contributed by atoms with Gasteiger partial charge >= 0.3 is 0 Å². The minimum Gasteiger partial charge on any atom is -0.323 e. The van der Waals surface area contributed by atoms with Crippen LogP contribution in [-0.4, -0.2) is 21.4 Å². The number of hydrogen-bond donors (Lipinski definition) is 1. The number of aromatic nitrogens is 2. The fraction of sp³-hybridized carbons (Fsp3) is 0.0870. The highest BCUT2D eigenvalue weighted by molar-refractivity contribution is 8.00. The van der Waals surface area contributed by atoms with Crippen molar-refractivity contribution in [3.63, 3.8) is 0 Å². The van der Waals surface area contributed by atoms with Crippen LogP contribution < -0.4 is 5.32 Å². The lowest BCUT2D eigenvalue weighted by molar-refractivity contribution is -0.115. The summed E-state index contributed by atoms with van der Waals surface area (Å²) in [7, 11) is 0. The Morgan fingerprint density at radius 3 is 2.30 bits per heavy atom. The molecular formula is C23H17F2N3OS. The molecule has 4 nitrogen and oxygen atoms in total. The van der Waals surface area contributed by atoms with Gasteiger partial charge in [0.25, 0.3) is 0 Å². The molecule has 1 unspecified atom stereocenters. The maximum atomic E-state index is 13.8. The van der Waals surface area contributed by atoms with Crippen molar-refractivity contribution in [3.8, 4) is 11.3 Å². The molecule has 30 heavy (non-hydrogen) atoms. The molecule has 7 heteroatoms. The van der Waals surface area contributed by atoms with Gasteiger partial charge in [-0.1, -0.05) is 48.2 Å². The Labute approximate surface area is 176 Å². The van der Waals surface area contributed by atoms with Crippen molar-refractivity contribution in [3.05, 3.63) is 84.4 Å². The highest BCUT2D eigenvalue weighted by Gasteiger charge is 2.19. The largest absolute Gasteiger partial charge is 0.323 e. The van der Waals surface area contributed by atoms with E-state index in [1.807, 2.05) is 24.3 Å². The molecule has 1 atom stereocenters. The van der Waals surface area contributed by atoms with E-state index >= 15 is 0 Å². The van der Waals surface area contributed by atoms with Gasteiger partial charge in [0.2, 0.25) is 5.91 Å². The van der Waals surface area contributed by atoms with Crippen LogP contribution in [0.4, 0.5) is 14.5 Å². The third-order valence-electron chi connectivity index (χ3n) is 4.56. The van der Waals surface area contributed by atoms with E-state index in [1.165, 1.54) is 36.0 Å². The number of amides is 1. The number of fused-ring (bicyclic) bond motifs is 1. The number of nitrogens with one attached hydrogen (secondary N) is 1. The maximum Gasteiger partial charge on any atom is 0.237 e. The Morgan fingerprint density at radius 1 is 0.900 bits per heavy atom. The number of benzene rings is 3. The lowest BCUT2D eigenvalue weighted by Gasteiger charge is -2.14. The minimum absolute atomic E-state index is 0.137. The summed E-state index contributed by atoms with van der Waals surface area (Å²) in [5.41, 5.74) is 1.53. The Balaban J connectivity index is 1.62. The van der Waals surface area contributed by atoms with Crippen LogP contribution in [0.5, 0.6) is 0 Å². The lowest BCUT2D eigenvalue weighted by Crippen LogP contribution is -2.23. The number of rotatable bonds is 5. The number of thioether (sulfide) groups is 1. The summed E-state index contributed by atoms with van der Waals surface area (Å²) < 4.78 is 27.1. The van der Waals surface area contributed by atoms with E-state index in [2.05, 4.69) is 15.5 Å². The first-order chi connectivity index (χ1) is 14.5. The van der Waals surface area contributed by atoms with E-state index in [1.54, 1.807) is 31.2 Å². The fourth-order valence-corrected chi connectivity index (χ4v) is 3.90. The van der Waals surface area contributed by atoms with Gasteiger partial charge in [-0.25, -0.2) is 8.78 Å². The maximum absolute atomic E-state index is 13.8. The van der Waals surface area contributed by atoms with Crippen LogP contribution >= 0.6 is 11.8 Å². The van der Waals surface area contributed by atoms with Crippen LogP contribution in [0.1, 0.15) is 6.92 Å². The molecular weight excluding hydrogens is 404 g/mol. The molecule has 4 aromatic rings. The number of hydrogen-bond acceptors (Lipinski definition) is 4. The van der Waals surface area contributed by atoms with Crippen molar-refractivity contribution in [2.24, 2.45) is 0 Å². The van der Waals surface area contributed by atoms with Crippen molar-refractivity contribution in [2.45, 2.75) is 17.2 Å². The zero-order chi connectivity index (χ0) is 21.1. The lowest BCUT2D eigenvalue weighted by atomic mass is 10.1. The Hall–Kier alpha value is -3.32. The summed E-state index contributed by atoms with van der Waals surface area (Å²) in [6.45, 7) is 1.73. The summed E-state index contributed by atoms with van der Waals surface area (Å²) in [6, 6.07) is 19.7. The molecule has 4 rings (SSSR count). The van der Waals surface area contributed by atoms with E-state index in [-0.39, 0.29) is 17.4 Å². The number of halogens is 2. The van der Waals surface area contributed by atoms with Gasteiger partial charge in [0.1, 0.15) is 22.4 Å². The summed E-state index contributed by atoms with van der Waals surface area (Å²) in [6.07, 6.45) is 0. The second-order valence-electron chi connectivity index (χ2n) is 6.64. The molecule has 3 aromatic carbocycles. The molecule has 0 saturated carbocycles. The summed E-state index contributed by atoms with van der Waals surface area (Å²) in [5.74, 6) is -1.14. The molecule has 0 radical (unpaired) electrons. The normalized spacial score (nSPS) is 12.0. The molecule has 1 heterocycles. The molecule has 0 spiro atoms. The first-order valence-electron chi connectivity index (χ1n) is 9.26. The molecule has 150 valence electrons. The van der Waals surface area contributed by atoms with E-state index in [4.69, 9.17) is 0 Å². The van der Waals surface area contributed by atoms with Gasteiger partial charge in [0.05, 0.1) is 10.9 Å². The van der Waals surface area contributed by atoms with Gasteiger partial charge in [-0.2, -0.15) is 0 Å². The summed E-state index contributed by atoms with van der Waals surface area (Å²) in [4.78, 5) is 12.5. The average molecular weight is 421 g/mol. The number of carbonyl (C=O) groups excluding carboxylic acids is 1. The fourth-order valence-electron chi connectivity index (χ4n) is 3.01. The predicted molar refractivity (Wildman–Crippen MR) is 115 cm³/mol. The van der Waals surface area contributed by atoms with Crippen molar-refractivity contribution in [1.29, 1.82) is 0 Å². The predicted octanol–water partition coefficient (Wildman–Crippen LogP) is 5.69.